The molecule has 0 fully saturated rings. The van der Waals surface area contributed by atoms with Crippen LogP contribution in [-0.2, 0) is 12.8 Å². The van der Waals surface area contributed by atoms with Gasteiger partial charge in [0.2, 0.25) is 0 Å². The summed E-state index contributed by atoms with van der Waals surface area (Å²) in [5, 5.41) is 3.36. The molecule has 0 amide bonds. The van der Waals surface area contributed by atoms with Crippen LogP contribution in [0.2, 0.25) is 4.34 Å². The number of anilines is 2. The third-order valence-corrected chi connectivity index (χ3v) is 4.39. The molecule has 0 atom stereocenters. The van der Waals surface area contributed by atoms with Crippen LogP contribution >= 0.6 is 22.9 Å². The average molecular weight is 326 g/mol. The van der Waals surface area contributed by atoms with Gasteiger partial charge in [0.15, 0.2) is 0 Å². The number of aromatic nitrogens is 2. The smallest absolute Gasteiger partial charge is 0.148 e. The summed E-state index contributed by atoms with van der Waals surface area (Å²) < 4.78 is 0.822. The van der Waals surface area contributed by atoms with Crippen molar-refractivity contribution in [1.29, 1.82) is 0 Å². The fourth-order valence-corrected chi connectivity index (χ4v) is 3.09. The number of thiophene rings is 1. The fourth-order valence-electron chi connectivity index (χ4n) is 2.00. The minimum Gasteiger partial charge on any atom is -0.369 e. The van der Waals surface area contributed by atoms with E-state index >= 15 is 0 Å². The highest BCUT2D eigenvalue weighted by molar-refractivity contribution is 7.16. The monoisotopic (exact) mass is 325 g/mol. The minimum absolute atomic E-state index is 0.676. The maximum absolute atomic E-state index is 5.93. The van der Waals surface area contributed by atoms with E-state index in [0.717, 1.165) is 47.3 Å². The van der Waals surface area contributed by atoms with Crippen molar-refractivity contribution in [1.82, 2.24) is 9.97 Å². The van der Waals surface area contributed by atoms with Gasteiger partial charge in [0.05, 0.1) is 4.34 Å². The van der Waals surface area contributed by atoms with Crippen LogP contribution in [0.25, 0.3) is 0 Å². The van der Waals surface area contributed by atoms with Gasteiger partial charge in [-0.3, -0.25) is 0 Å². The second-order valence-corrected chi connectivity index (χ2v) is 6.54. The summed E-state index contributed by atoms with van der Waals surface area (Å²) in [6, 6.07) is 3.98. The number of halogens is 1. The minimum atomic E-state index is 0.676. The SMILES string of the molecule is CCCc1nc(NN)c(C)c(NCCc2ccc(Cl)s2)n1. The molecule has 0 spiro atoms. The van der Waals surface area contributed by atoms with Crippen molar-refractivity contribution in [2.75, 3.05) is 17.3 Å². The lowest BCUT2D eigenvalue weighted by molar-refractivity contribution is 0.830. The van der Waals surface area contributed by atoms with E-state index in [4.69, 9.17) is 17.4 Å². The van der Waals surface area contributed by atoms with E-state index in [1.165, 1.54) is 4.88 Å². The number of nitrogens with zero attached hydrogens (tertiary/aromatic N) is 2. The van der Waals surface area contributed by atoms with E-state index in [1.807, 2.05) is 13.0 Å². The molecule has 2 heterocycles. The van der Waals surface area contributed by atoms with Gasteiger partial charge in [0.1, 0.15) is 17.5 Å². The van der Waals surface area contributed by atoms with E-state index in [2.05, 4.69) is 33.7 Å². The molecule has 0 aromatic carbocycles. The first kappa shape index (κ1) is 16.0. The van der Waals surface area contributed by atoms with Gasteiger partial charge in [0, 0.05) is 23.4 Å². The molecule has 2 aromatic rings. The van der Waals surface area contributed by atoms with Crippen LogP contribution in [0, 0.1) is 6.92 Å². The normalized spacial score (nSPS) is 10.7. The Morgan fingerprint density at radius 2 is 2.00 bits per heavy atom. The average Bonchev–Trinajstić information content (AvgIpc) is 2.88. The quantitative estimate of drug-likeness (QED) is 0.537. The zero-order valence-corrected chi connectivity index (χ0v) is 13.8. The van der Waals surface area contributed by atoms with Crippen LogP contribution in [0.1, 0.15) is 29.6 Å². The molecule has 0 radical (unpaired) electrons. The number of hydrogen-bond donors (Lipinski definition) is 3. The van der Waals surface area contributed by atoms with Gasteiger partial charge in [-0.25, -0.2) is 15.8 Å². The number of aryl methyl sites for hydroxylation is 1. The largest absolute Gasteiger partial charge is 0.369 e. The van der Waals surface area contributed by atoms with Gasteiger partial charge < -0.3 is 10.7 Å². The fraction of sp³-hybridized carbons (Fsp3) is 0.429. The van der Waals surface area contributed by atoms with E-state index in [-0.39, 0.29) is 0 Å². The molecule has 0 saturated carbocycles. The number of nitrogen functional groups attached to an aromatic ring is 1. The predicted octanol–water partition coefficient (Wildman–Crippen LogP) is 3.39. The van der Waals surface area contributed by atoms with Gasteiger partial charge in [-0.15, -0.1) is 11.3 Å². The highest BCUT2D eigenvalue weighted by Crippen LogP contribution is 2.23. The van der Waals surface area contributed by atoms with E-state index in [1.54, 1.807) is 11.3 Å². The standard InChI is InChI=1S/C14H20ClN5S/c1-3-4-12-18-13(9(2)14(19-12)20-16)17-8-7-10-5-6-11(15)21-10/h5-6H,3-4,7-8,16H2,1-2H3,(H2,17,18,19,20). The molecule has 0 bridgehead atoms. The van der Waals surface area contributed by atoms with Gasteiger partial charge in [-0.2, -0.15) is 0 Å². The predicted molar refractivity (Wildman–Crippen MR) is 90.1 cm³/mol. The molecular formula is C14H20ClN5S. The van der Waals surface area contributed by atoms with Crippen molar-refractivity contribution < 1.29 is 0 Å². The topological polar surface area (TPSA) is 75.9 Å². The second kappa shape index (κ2) is 7.59. The number of hydrogen-bond acceptors (Lipinski definition) is 6. The molecule has 0 aliphatic carbocycles. The third-order valence-electron chi connectivity index (χ3n) is 3.10. The molecule has 2 rings (SSSR count). The zero-order chi connectivity index (χ0) is 15.2. The molecule has 0 unspecified atom stereocenters. The lowest BCUT2D eigenvalue weighted by Crippen LogP contribution is -2.15. The Balaban J connectivity index is 2.05. The van der Waals surface area contributed by atoms with E-state index in [0.29, 0.717) is 5.82 Å². The summed E-state index contributed by atoms with van der Waals surface area (Å²) in [5.41, 5.74) is 3.57. The third kappa shape index (κ3) is 4.30. The van der Waals surface area contributed by atoms with Gasteiger partial charge in [-0.05, 0) is 31.9 Å². The summed E-state index contributed by atoms with van der Waals surface area (Å²) in [4.78, 5) is 10.2. The maximum atomic E-state index is 5.93. The molecule has 5 nitrogen and oxygen atoms in total. The Morgan fingerprint density at radius 1 is 1.24 bits per heavy atom. The van der Waals surface area contributed by atoms with E-state index < -0.39 is 0 Å². The maximum Gasteiger partial charge on any atom is 0.148 e. The number of nitrogens with two attached hydrogens (primary N) is 1. The van der Waals surface area contributed by atoms with Crippen LogP contribution in [-0.4, -0.2) is 16.5 Å². The summed E-state index contributed by atoms with van der Waals surface area (Å²) >= 11 is 7.54. The molecule has 0 aliphatic heterocycles. The Hall–Kier alpha value is -1.37. The second-order valence-electron chi connectivity index (χ2n) is 4.74. The Labute approximate surface area is 133 Å². The van der Waals surface area contributed by atoms with E-state index in [9.17, 15) is 0 Å². The first-order chi connectivity index (χ1) is 10.1. The lowest BCUT2D eigenvalue weighted by Gasteiger charge is -2.13. The van der Waals surface area contributed by atoms with Crippen molar-refractivity contribution in [2.45, 2.75) is 33.1 Å². The lowest BCUT2D eigenvalue weighted by atomic mass is 10.2. The highest BCUT2D eigenvalue weighted by Gasteiger charge is 2.09. The highest BCUT2D eigenvalue weighted by atomic mass is 35.5. The van der Waals surface area contributed by atoms with Gasteiger partial charge in [-0.1, -0.05) is 18.5 Å². The summed E-state index contributed by atoms with van der Waals surface area (Å²) in [7, 11) is 0. The number of hydrazine groups is 1. The van der Waals surface area contributed by atoms with Gasteiger partial charge >= 0.3 is 0 Å². The summed E-state index contributed by atoms with van der Waals surface area (Å²) in [5.74, 6) is 7.84. The van der Waals surface area contributed by atoms with Crippen LogP contribution in [0.5, 0.6) is 0 Å². The van der Waals surface area contributed by atoms with Gasteiger partial charge in [0.25, 0.3) is 0 Å². The molecule has 114 valence electrons. The molecule has 21 heavy (non-hydrogen) atoms. The number of nitrogens with one attached hydrogen (secondary N) is 2. The van der Waals surface area contributed by atoms with Crippen molar-refractivity contribution in [3.63, 3.8) is 0 Å². The molecule has 0 aliphatic rings. The Bertz CT molecular complexity index is 599. The van der Waals surface area contributed by atoms with Crippen molar-refractivity contribution in [3.8, 4) is 0 Å². The molecule has 0 saturated heterocycles. The van der Waals surface area contributed by atoms with Crippen LogP contribution in [0.15, 0.2) is 12.1 Å². The van der Waals surface area contributed by atoms with Crippen molar-refractivity contribution in [3.05, 3.63) is 32.7 Å². The summed E-state index contributed by atoms with van der Waals surface area (Å²) in [6.07, 6.45) is 2.75. The zero-order valence-electron chi connectivity index (χ0n) is 12.2. The molecule has 4 N–H and O–H groups in total. The van der Waals surface area contributed by atoms with Crippen LogP contribution in [0.3, 0.4) is 0 Å². The Kier molecular flexibility index (Phi) is 5.78. The number of rotatable bonds is 7. The molecule has 7 heteroatoms. The van der Waals surface area contributed by atoms with Crippen LogP contribution < -0.4 is 16.6 Å². The first-order valence-corrected chi connectivity index (χ1v) is 8.15. The summed E-state index contributed by atoms with van der Waals surface area (Å²) in [6.45, 7) is 4.85. The Morgan fingerprint density at radius 3 is 2.62 bits per heavy atom. The molecule has 2 aromatic heterocycles. The first-order valence-electron chi connectivity index (χ1n) is 6.96. The molecular weight excluding hydrogens is 306 g/mol. The van der Waals surface area contributed by atoms with Crippen LogP contribution in [0.4, 0.5) is 11.6 Å². The van der Waals surface area contributed by atoms with Crippen molar-refractivity contribution in [2.24, 2.45) is 5.84 Å². The van der Waals surface area contributed by atoms with Crippen molar-refractivity contribution >= 4 is 34.6 Å².